The number of nitrogens with one attached hydrogen (secondary N) is 2. The fraction of sp³-hybridized carbons (Fsp3) is 0.625. The van der Waals surface area contributed by atoms with Gasteiger partial charge in [-0.1, -0.05) is 19.8 Å². The molecule has 114 valence electrons. The molecule has 2 heterocycles. The summed E-state index contributed by atoms with van der Waals surface area (Å²) in [6.07, 6.45) is 6.47. The van der Waals surface area contributed by atoms with Crippen LogP contribution < -0.4 is 10.6 Å². The Labute approximate surface area is 130 Å². The third-order valence-electron chi connectivity index (χ3n) is 4.49. The van der Waals surface area contributed by atoms with Gasteiger partial charge in [-0.15, -0.1) is 11.3 Å². The Bertz CT molecular complexity index is 616. The molecule has 1 unspecified atom stereocenters. The van der Waals surface area contributed by atoms with Gasteiger partial charge in [0, 0.05) is 18.0 Å². The third kappa shape index (κ3) is 2.98. The SMILES string of the molecule is CCc1cc2c(NC(C)C3CCCC3)nc(NC)nc2s1. The molecule has 3 rings (SSSR count). The maximum absolute atomic E-state index is 4.65. The molecule has 2 aromatic rings. The van der Waals surface area contributed by atoms with Crippen LogP contribution in [0.1, 0.15) is 44.4 Å². The molecule has 1 aliphatic rings. The predicted molar refractivity (Wildman–Crippen MR) is 91.4 cm³/mol. The van der Waals surface area contributed by atoms with Crippen LogP contribution in [0.5, 0.6) is 0 Å². The molecule has 0 bridgehead atoms. The van der Waals surface area contributed by atoms with Crippen molar-refractivity contribution in [3.63, 3.8) is 0 Å². The highest BCUT2D eigenvalue weighted by molar-refractivity contribution is 7.18. The van der Waals surface area contributed by atoms with E-state index in [4.69, 9.17) is 0 Å². The van der Waals surface area contributed by atoms with Gasteiger partial charge in [-0.3, -0.25) is 0 Å². The zero-order valence-electron chi connectivity index (χ0n) is 13.1. The number of hydrogen-bond donors (Lipinski definition) is 2. The Morgan fingerprint density at radius 2 is 2.10 bits per heavy atom. The molecule has 21 heavy (non-hydrogen) atoms. The summed E-state index contributed by atoms with van der Waals surface area (Å²) in [6, 6.07) is 2.71. The van der Waals surface area contributed by atoms with Crippen molar-refractivity contribution in [2.45, 2.75) is 52.0 Å². The first kappa shape index (κ1) is 14.6. The zero-order chi connectivity index (χ0) is 14.8. The molecule has 4 nitrogen and oxygen atoms in total. The molecule has 1 aliphatic carbocycles. The zero-order valence-corrected chi connectivity index (χ0v) is 13.9. The van der Waals surface area contributed by atoms with Crippen LogP contribution in [-0.4, -0.2) is 23.1 Å². The number of hydrogen-bond acceptors (Lipinski definition) is 5. The smallest absolute Gasteiger partial charge is 0.225 e. The fourth-order valence-electron chi connectivity index (χ4n) is 3.16. The van der Waals surface area contributed by atoms with Gasteiger partial charge in [0.15, 0.2) is 0 Å². The summed E-state index contributed by atoms with van der Waals surface area (Å²) in [7, 11) is 1.87. The number of rotatable bonds is 5. The van der Waals surface area contributed by atoms with Crippen LogP contribution in [0.15, 0.2) is 6.07 Å². The average Bonchev–Trinajstić information content (AvgIpc) is 3.15. The Balaban J connectivity index is 1.93. The van der Waals surface area contributed by atoms with Gasteiger partial charge in [-0.2, -0.15) is 4.98 Å². The lowest BCUT2D eigenvalue weighted by atomic mass is 10.00. The van der Waals surface area contributed by atoms with E-state index in [-0.39, 0.29) is 0 Å². The first-order valence-electron chi connectivity index (χ1n) is 7.96. The highest BCUT2D eigenvalue weighted by Gasteiger charge is 2.22. The molecule has 0 saturated heterocycles. The highest BCUT2D eigenvalue weighted by Crippen LogP contribution is 2.33. The predicted octanol–water partition coefficient (Wildman–Crippen LogP) is 4.29. The Kier molecular flexibility index (Phi) is 4.29. The van der Waals surface area contributed by atoms with Crippen molar-refractivity contribution in [3.05, 3.63) is 10.9 Å². The largest absolute Gasteiger partial charge is 0.367 e. The van der Waals surface area contributed by atoms with Crippen LogP contribution in [0.25, 0.3) is 10.2 Å². The van der Waals surface area contributed by atoms with Crippen LogP contribution in [0.4, 0.5) is 11.8 Å². The number of thiophene rings is 1. The van der Waals surface area contributed by atoms with Crippen LogP contribution in [-0.2, 0) is 6.42 Å². The van der Waals surface area contributed by atoms with E-state index in [0.717, 1.165) is 23.0 Å². The van der Waals surface area contributed by atoms with Crippen molar-refractivity contribution in [3.8, 4) is 0 Å². The van der Waals surface area contributed by atoms with E-state index in [2.05, 4.69) is 40.5 Å². The van der Waals surface area contributed by atoms with E-state index in [1.54, 1.807) is 11.3 Å². The first-order valence-corrected chi connectivity index (χ1v) is 8.77. The molecular weight excluding hydrogens is 280 g/mol. The van der Waals surface area contributed by atoms with Gasteiger partial charge >= 0.3 is 0 Å². The molecule has 1 atom stereocenters. The van der Waals surface area contributed by atoms with Crippen molar-refractivity contribution in [1.82, 2.24) is 9.97 Å². The number of nitrogens with zero attached hydrogens (tertiary/aromatic N) is 2. The second kappa shape index (κ2) is 6.18. The molecule has 2 N–H and O–H groups in total. The lowest BCUT2D eigenvalue weighted by Gasteiger charge is -2.21. The van der Waals surface area contributed by atoms with E-state index >= 15 is 0 Å². The van der Waals surface area contributed by atoms with Crippen LogP contribution in [0.3, 0.4) is 0 Å². The van der Waals surface area contributed by atoms with Crippen molar-refractivity contribution >= 4 is 33.3 Å². The molecule has 2 aromatic heterocycles. The fourth-order valence-corrected chi connectivity index (χ4v) is 4.13. The van der Waals surface area contributed by atoms with Gasteiger partial charge < -0.3 is 10.6 Å². The van der Waals surface area contributed by atoms with Gasteiger partial charge in [0.25, 0.3) is 0 Å². The summed E-state index contributed by atoms with van der Waals surface area (Å²) in [5, 5.41) is 7.90. The molecule has 0 aliphatic heterocycles. The van der Waals surface area contributed by atoms with Crippen LogP contribution >= 0.6 is 11.3 Å². The van der Waals surface area contributed by atoms with Gasteiger partial charge in [0.1, 0.15) is 10.6 Å². The second-order valence-electron chi connectivity index (χ2n) is 5.91. The van der Waals surface area contributed by atoms with E-state index < -0.39 is 0 Å². The molecule has 1 fully saturated rings. The average molecular weight is 304 g/mol. The van der Waals surface area contributed by atoms with Gasteiger partial charge in [0.2, 0.25) is 5.95 Å². The van der Waals surface area contributed by atoms with Gasteiger partial charge in [-0.05, 0) is 38.2 Å². The maximum atomic E-state index is 4.65. The Hall–Kier alpha value is -1.36. The molecule has 0 amide bonds. The molecule has 0 aromatic carbocycles. The molecule has 1 saturated carbocycles. The van der Waals surface area contributed by atoms with Crippen molar-refractivity contribution in [2.24, 2.45) is 5.92 Å². The summed E-state index contributed by atoms with van der Waals surface area (Å²) >= 11 is 1.77. The topological polar surface area (TPSA) is 49.8 Å². The van der Waals surface area contributed by atoms with E-state index in [0.29, 0.717) is 12.0 Å². The normalized spacial score (nSPS) is 17.3. The molecule has 5 heteroatoms. The quantitative estimate of drug-likeness (QED) is 0.865. The lowest BCUT2D eigenvalue weighted by Crippen LogP contribution is -2.24. The first-order chi connectivity index (χ1) is 10.2. The van der Waals surface area contributed by atoms with E-state index in [1.165, 1.54) is 35.9 Å². The summed E-state index contributed by atoms with van der Waals surface area (Å²) in [5.41, 5.74) is 0. The van der Waals surface area contributed by atoms with Crippen LogP contribution in [0.2, 0.25) is 0 Å². The van der Waals surface area contributed by atoms with Crippen LogP contribution in [0, 0.1) is 5.92 Å². The Morgan fingerprint density at radius 3 is 2.76 bits per heavy atom. The molecule has 0 spiro atoms. The summed E-state index contributed by atoms with van der Waals surface area (Å²) in [6.45, 7) is 4.47. The number of anilines is 2. The van der Waals surface area contributed by atoms with Gasteiger partial charge in [-0.25, -0.2) is 4.98 Å². The lowest BCUT2D eigenvalue weighted by molar-refractivity contribution is 0.481. The standard InChI is InChI=1S/C16H24N4S/c1-4-12-9-13-14(18-10(2)11-7-5-6-8-11)19-16(17-3)20-15(13)21-12/h9-11H,4-8H2,1-3H3,(H2,17,18,19,20). The minimum Gasteiger partial charge on any atom is -0.367 e. The maximum Gasteiger partial charge on any atom is 0.225 e. The summed E-state index contributed by atoms with van der Waals surface area (Å²) in [4.78, 5) is 11.7. The summed E-state index contributed by atoms with van der Waals surface area (Å²) in [5.74, 6) is 2.46. The molecule has 0 radical (unpaired) electrons. The number of aryl methyl sites for hydroxylation is 1. The van der Waals surface area contributed by atoms with Crippen molar-refractivity contribution in [1.29, 1.82) is 0 Å². The minimum absolute atomic E-state index is 0.472. The monoisotopic (exact) mass is 304 g/mol. The van der Waals surface area contributed by atoms with Crippen molar-refractivity contribution in [2.75, 3.05) is 17.7 Å². The Morgan fingerprint density at radius 1 is 1.33 bits per heavy atom. The number of fused-ring (bicyclic) bond motifs is 1. The van der Waals surface area contributed by atoms with Crippen molar-refractivity contribution < 1.29 is 0 Å². The van der Waals surface area contributed by atoms with Gasteiger partial charge in [0.05, 0.1) is 5.39 Å². The number of aromatic nitrogens is 2. The summed E-state index contributed by atoms with van der Waals surface area (Å²) < 4.78 is 0. The third-order valence-corrected chi connectivity index (χ3v) is 5.66. The second-order valence-corrected chi connectivity index (χ2v) is 7.02. The van der Waals surface area contributed by atoms with E-state index in [9.17, 15) is 0 Å². The molecular formula is C16H24N4S. The highest BCUT2D eigenvalue weighted by atomic mass is 32.1. The van der Waals surface area contributed by atoms with E-state index in [1.807, 2.05) is 7.05 Å². The minimum atomic E-state index is 0.472.